The molecule has 0 radical (unpaired) electrons. The van der Waals surface area contributed by atoms with Crippen LogP contribution in [0.2, 0.25) is 6.55 Å². The van der Waals surface area contributed by atoms with Crippen LogP contribution in [0.4, 0.5) is 0 Å². The average molecular weight is 158 g/mol. The Bertz CT molecular complexity index is 91.1. The highest BCUT2D eigenvalue weighted by atomic mass is 28.2. The van der Waals surface area contributed by atoms with Crippen LogP contribution in [0.15, 0.2) is 0 Å². The summed E-state index contributed by atoms with van der Waals surface area (Å²) in [6.45, 7) is 3.42. The van der Waals surface area contributed by atoms with Crippen molar-refractivity contribution in [2.24, 2.45) is 0 Å². The van der Waals surface area contributed by atoms with E-state index in [9.17, 15) is 0 Å². The van der Waals surface area contributed by atoms with Gasteiger partial charge in [-0.2, -0.15) is 0 Å². The fraction of sp³-hybridized carbons (Fsp3) is 1.00. The monoisotopic (exact) mass is 158 g/mol. The predicted molar refractivity (Wildman–Crippen MR) is 45.5 cm³/mol. The molecule has 1 rings (SSSR count). The normalized spacial score (nSPS) is 37.9. The minimum absolute atomic E-state index is 0.111. The fourth-order valence-electron chi connectivity index (χ4n) is 1.27. The van der Waals surface area contributed by atoms with Crippen molar-refractivity contribution in [3.05, 3.63) is 0 Å². The lowest BCUT2D eigenvalue weighted by atomic mass is 10.2. The first-order chi connectivity index (χ1) is 4.27. The first kappa shape index (κ1) is 7.81. The van der Waals surface area contributed by atoms with Crippen LogP contribution in [0.1, 0.15) is 19.3 Å². The Balaban J connectivity index is 2.37. The van der Waals surface area contributed by atoms with Crippen LogP contribution in [-0.2, 0) is 4.74 Å². The van der Waals surface area contributed by atoms with Gasteiger partial charge >= 0.3 is 0 Å². The third-order valence-electron chi connectivity index (χ3n) is 2.30. The van der Waals surface area contributed by atoms with Gasteiger partial charge in [-0.25, -0.2) is 0 Å². The van der Waals surface area contributed by atoms with Crippen LogP contribution in [-0.4, -0.2) is 36.5 Å². The highest BCUT2D eigenvalue weighted by Crippen LogP contribution is 2.19. The molecule has 0 aromatic carbocycles. The van der Waals surface area contributed by atoms with E-state index < -0.39 is 0 Å². The number of hydrogen-bond donors (Lipinski definition) is 0. The molecular weight excluding hydrogens is 143 g/mol. The smallest absolute Gasteiger partial charge is 0.258 e. The summed E-state index contributed by atoms with van der Waals surface area (Å²) < 4.78 is 6.24. The molecular formula is C6H15AlOSi. The van der Waals surface area contributed by atoms with Gasteiger partial charge in [0.15, 0.2) is 0 Å². The number of rotatable bonds is 1. The standard InChI is InChI=1S/C6H13OSi.Al.2H/c1-8-6-4-2-3-5-7-6;;;/h2-5,8H2,1H3;;;. The molecule has 52 valence electrons. The van der Waals surface area contributed by atoms with E-state index in [2.05, 4.69) is 6.55 Å². The van der Waals surface area contributed by atoms with Crippen molar-refractivity contribution in [2.75, 3.05) is 6.61 Å². The molecule has 0 aliphatic carbocycles. The SMILES string of the molecule is C[SiH2][C]1([AlH2])CCCCO1. The van der Waals surface area contributed by atoms with Crippen LogP contribution in [0.3, 0.4) is 0 Å². The number of ether oxygens (including phenoxy) is 1. The number of hydrogen-bond acceptors (Lipinski definition) is 1. The van der Waals surface area contributed by atoms with Crippen LogP contribution in [0, 0.1) is 0 Å². The second-order valence-corrected chi connectivity index (χ2v) is 8.55. The summed E-state index contributed by atoms with van der Waals surface area (Å²) in [5.41, 5.74) is 0. The van der Waals surface area contributed by atoms with Gasteiger partial charge < -0.3 is 4.74 Å². The van der Waals surface area contributed by atoms with Crippen molar-refractivity contribution in [3.63, 3.8) is 0 Å². The molecule has 0 aromatic heterocycles. The molecule has 3 heteroatoms. The van der Waals surface area contributed by atoms with E-state index in [0.717, 1.165) is 6.61 Å². The first-order valence-electron chi connectivity index (χ1n) is 3.91. The lowest BCUT2D eigenvalue weighted by molar-refractivity contribution is 0.0361. The lowest BCUT2D eigenvalue weighted by Gasteiger charge is -2.33. The minimum atomic E-state index is 0.111. The topological polar surface area (TPSA) is 9.23 Å². The van der Waals surface area contributed by atoms with E-state index >= 15 is 0 Å². The van der Waals surface area contributed by atoms with Crippen molar-refractivity contribution >= 4 is 25.8 Å². The zero-order chi connectivity index (χ0) is 6.74. The largest absolute Gasteiger partial charge is 0.395 e. The maximum atomic E-state index is 5.74. The molecule has 0 bridgehead atoms. The molecule has 1 nitrogen and oxygen atoms in total. The molecule has 0 amide bonds. The summed E-state index contributed by atoms with van der Waals surface area (Å²) in [7, 11) is 0.111. The molecule has 1 atom stereocenters. The Morgan fingerprint density at radius 3 is 2.67 bits per heavy atom. The Kier molecular flexibility index (Phi) is 2.78. The molecule has 9 heavy (non-hydrogen) atoms. The summed E-state index contributed by atoms with van der Waals surface area (Å²) in [6.07, 6.45) is 4.10. The Labute approximate surface area is 67.4 Å². The maximum absolute atomic E-state index is 5.74. The van der Waals surface area contributed by atoms with Crippen LogP contribution in [0.5, 0.6) is 0 Å². The van der Waals surface area contributed by atoms with Crippen molar-refractivity contribution in [3.8, 4) is 0 Å². The summed E-state index contributed by atoms with van der Waals surface area (Å²) in [5, 5.41) is 0. The third-order valence-corrected chi connectivity index (χ3v) is 7.26. The Morgan fingerprint density at radius 1 is 1.56 bits per heavy atom. The summed E-state index contributed by atoms with van der Waals surface area (Å²) in [4.78, 5) is 0. The van der Waals surface area contributed by atoms with Crippen molar-refractivity contribution in [1.82, 2.24) is 0 Å². The molecule has 0 spiro atoms. The van der Waals surface area contributed by atoms with Gasteiger partial charge in [-0.15, -0.1) is 0 Å². The van der Waals surface area contributed by atoms with E-state index in [1.165, 1.54) is 35.6 Å². The molecule has 1 heterocycles. The van der Waals surface area contributed by atoms with Crippen molar-refractivity contribution in [1.29, 1.82) is 0 Å². The second-order valence-electron chi connectivity index (χ2n) is 3.11. The van der Waals surface area contributed by atoms with Crippen molar-refractivity contribution in [2.45, 2.75) is 29.9 Å². The van der Waals surface area contributed by atoms with E-state index in [-0.39, 0.29) is 9.52 Å². The average Bonchev–Trinajstić information content (AvgIpc) is 1.90. The van der Waals surface area contributed by atoms with Crippen LogP contribution < -0.4 is 0 Å². The quantitative estimate of drug-likeness (QED) is 0.476. The van der Waals surface area contributed by atoms with Gasteiger partial charge in [-0.3, -0.25) is 0 Å². The molecule has 0 saturated carbocycles. The summed E-state index contributed by atoms with van der Waals surface area (Å²) in [5.74, 6) is 0. The molecule has 1 saturated heterocycles. The highest BCUT2D eigenvalue weighted by Gasteiger charge is 2.24. The molecule has 0 aromatic rings. The molecule has 0 N–H and O–H groups in total. The van der Waals surface area contributed by atoms with Gasteiger partial charge in [0.05, 0.1) is 0 Å². The lowest BCUT2D eigenvalue weighted by Crippen LogP contribution is -2.41. The molecule has 1 fully saturated rings. The van der Waals surface area contributed by atoms with Crippen LogP contribution >= 0.6 is 0 Å². The summed E-state index contributed by atoms with van der Waals surface area (Å²) in [6, 6.07) is 0. The second kappa shape index (κ2) is 3.20. The Hall–Kier alpha value is 0.709. The van der Waals surface area contributed by atoms with Gasteiger partial charge in [-0.05, 0) is 16.9 Å². The van der Waals surface area contributed by atoms with E-state index in [0.29, 0.717) is 4.09 Å². The van der Waals surface area contributed by atoms with Gasteiger partial charge in [0.1, 0.15) is 0 Å². The third kappa shape index (κ3) is 2.09. The van der Waals surface area contributed by atoms with Gasteiger partial charge in [0, 0.05) is 16.1 Å². The highest BCUT2D eigenvalue weighted by molar-refractivity contribution is 6.52. The predicted octanol–water partition coefficient (Wildman–Crippen LogP) is -0.309. The maximum Gasteiger partial charge on any atom is 0.258 e. The molecule has 1 aliphatic heterocycles. The van der Waals surface area contributed by atoms with Gasteiger partial charge in [-0.1, -0.05) is 13.0 Å². The Morgan fingerprint density at radius 2 is 2.33 bits per heavy atom. The molecule has 1 unspecified atom stereocenters. The molecule has 1 aliphatic rings. The zero-order valence-electron chi connectivity index (χ0n) is 6.44. The minimum Gasteiger partial charge on any atom is -0.395 e. The van der Waals surface area contributed by atoms with Crippen LogP contribution in [0.25, 0.3) is 0 Å². The zero-order valence-corrected chi connectivity index (χ0v) is 9.86. The van der Waals surface area contributed by atoms with Gasteiger partial charge in [0.25, 0.3) is 16.3 Å². The van der Waals surface area contributed by atoms with Gasteiger partial charge in [0.2, 0.25) is 0 Å². The summed E-state index contributed by atoms with van der Waals surface area (Å²) >= 11 is 1.27. The van der Waals surface area contributed by atoms with E-state index in [1.807, 2.05) is 0 Å². The first-order valence-corrected chi connectivity index (χ1v) is 7.03. The van der Waals surface area contributed by atoms with E-state index in [4.69, 9.17) is 4.74 Å². The van der Waals surface area contributed by atoms with E-state index in [1.54, 1.807) is 0 Å². The van der Waals surface area contributed by atoms with Crippen molar-refractivity contribution < 1.29 is 4.74 Å². The fourth-order valence-corrected chi connectivity index (χ4v) is 2.78.